The minimum atomic E-state index is 0.923. The van der Waals surface area contributed by atoms with Gasteiger partial charge in [-0.15, -0.1) is 11.8 Å². The van der Waals surface area contributed by atoms with Gasteiger partial charge in [-0.2, -0.15) is 0 Å². The first-order chi connectivity index (χ1) is 7.58. The van der Waals surface area contributed by atoms with Crippen LogP contribution in [0.3, 0.4) is 0 Å². The molecule has 0 amide bonds. The van der Waals surface area contributed by atoms with E-state index in [4.69, 9.17) is 0 Å². The first kappa shape index (κ1) is 12.9. The van der Waals surface area contributed by atoms with Gasteiger partial charge in [0.1, 0.15) is 0 Å². The molecule has 0 nitrogen and oxygen atoms in total. The molecule has 0 saturated heterocycles. The molecular formula is C15H18S. The maximum absolute atomic E-state index is 4.01. The van der Waals surface area contributed by atoms with E-state index in [0.717, 1.165) is 16.9 Å². The molecule has 0 aromatic heterocycles. The second kappa shape index (κ2) is 6.39. The molecule has 16 heavy (non-hydrogen) atoms. The van der Waals surface area contributed by atoms with E-state index in [2.05, 4.69) is 44.3 Å². The van der Waals surface area contributed by atoms with Gasteiger partial charge in [0, 0.05) is 10.6 Å². The molecular weight excluding hydrogens is 212 g/mol. The molecule has 0 atom stereocenters. The fourth-order valence-electron chi connectivity index (χ4n) is 1.12. The van der Waals surface area contributed by atoms with Crippen LogP contribution in [0.5, 0.6) is 0 Å². The largest absolute Gasteiger partial charge is 0.121 e. The summed E-state index contributed by atoms with van der Waals surface area (Å²) in [5.41, 5.74) is 3.47. The fourth-order valence-corrected chi connectivity index (χ4v) is 1.90. The van der Waals surface area contributed by atoms with E-state index < -0.39 is 0 Å². The van der Waals surface area contributed by atoms with Crippen molar-refractivity contribution >= 4 is 11.8 Å². The van der Waals surface area contributed by atoms with Crippen molar-refractivity contribution in [2.24, 2.45) is 0 Å². The lowest BCUT2D eigenvalue weighted by Gasteiger charge is -2.02. The molecule has 84 valence electrons. The summed E-state index contributed by atoms with van der Waals surface area (Å²) in [5, 5.41) is 0. The molecule has 0 radical (unpaired) electrons. The minimum absolute atomic E-state index is 0.923. The molecule has 0 spiro atoms. The number of benzene rings is 1. The average Bonchev–Trinajstić information content (AvgIpc) is 2.25. The molecule has 1 heteroatoms. The number of hydrogen-bond donors (Lipinski definition) is 0. The van der Waals surface area contributed by atoms with E-state index in [1.54, 1.807) is 0 Å². The highest BCUT2D eigenvalue weighted by Crippen LogP contribution is 2.20. The fraction of sp³-hybridized carbons (Fsp3) is 0.200. The maximum atomic E-state index is 4.01. The van der Waals surface area contributed by atoms with Gasteiger partial charge in [0.2, 0.25) is 0 Å². The van der Waals surface area contributed by atoms with Crippen LogP contribution < -0.4 is 0 Å². The van der Waals surface area contributed by atoms with Crippen molar-refractivity contribution in [3.8, 4) is 0 Å². The number of allylic oxidation sites excluding steroid dienone is 3. The molecule has 0 heterocycles. The highest BCUT2D eigenvalue weighted by molar-refractivity contribution is 7.99. The molecule has 0 aliphatic rings. The monoisotopic (exact) mass is 230 g/mol. The molecule has 0 fully saturated rings. The highest BCUT2D eigenvalue weighted by Gasteiger charge is 1.94. The number of hydrogen-bond acceptors (Lipinski definition) is 1. The summed E-state index contributed by atoms with van der Waals surface area (Å²) in [6.07, 6.45) is 4.03. The summed E-state index contributed by atoms with van der Waals surface area (Å²) >= 11 is 1.81. The Kier molecular flexibility index (Phi) is 5.13. The van der Waals surface area contributed by atoms with E-state index in [0.29, 0.717) is 0 Å². The van der Waals surface area contributed by atoms with Gasteiger partial charge in [0.05, 0.1) is 0 Å². The third kappa shape index (κ3) is 5.04. The van der Waals surface area contributed by atoms with Crippen molar-refractivity contribution in [1.29, 1.82) is 0 Å². The third-order valence-electron chi connectivity index (χ3n) is 2.05. The summed E-state index contributed by atoms with van der Waals surface area (Å²) in [6, 6.07) is 8.56. The Morgan fingerprint density at radius 1 is 1.19 bits per heavy atom. The second-order valence-corrected chi connectivity index (χ2v) is 4.99. The molecule has 0 unspecified atom stereocenters. The summed E-state index contributed by atoms with van der Waals surface area (Å²) in [7, 11) is 0. The zero-order chi connectivity index (χ0) is 12.0. The highest BCUT2D eigenvalue weighted by atomic mass is 32.2. The SMILES string of the molecule is C=C(C)/C=C\C(=C)CSc1ccc(C)cc1. The van der Waals surface area contributed by atoms with Gasteiger partial charge >= 0.3 is 0 Å². The van der Waals surface area contributed by atoms with Gasteiger partial charge in [-0.25, -0.2) is 0 Å². The first-order valence-electron chi connectivity index (χ1n) is 5.29. The molecule has 1 rings (SSSR count). The lowest BCUT2D eigenvalue weighted by Crippen LogP contribution is -1.82. The Labute approximate surface area is 103 Å². The zero-order valence-electron chi connectivity index (χ0n) is 9.99. The normalized spacial score (nSPS) is 10.6. The van der Waals surface area contributed by atoms with Crippen LogP contribution in [0.2, 0.25) is 0 Å². The van der Waals surface area contributed by atoms with Gasteiger partial charge in [0.25, 0.3) is 0 Å². The quantitative estimate of drug-likeness (QED) is 0.518. The summed E-state index contributed by atoms with van der Waals surface area (Å²) < 4.78 is 0. The van der Waals surface area contributed by atoms with Crippen LogP contribution in [0.1, 0.15) is 12.5 Å². The van der Waals surface area contributed by atoms with Gasteiger partial charge in [-0.05, 0) is 31.6 Å². The van der Waals surface area contributed by atoms with Crippen LogP contribution in [0.4, 0.5) is 0 Å². The van der Waals surface area contributed by atoms with Crippen molar-refractivity contribution in [2.45, 2.75) is 18.7 Å². The molecule has 1 aromatic carbocycles. The van der Waals surface area contributed by atoms with Crippen LogP contribution in [0.15, 0.2) is 65.6 Å². The topological polar surface area (TPSA) is 0 Å². The Morgan fingerprint density at radius 3 is 2.38 bits per heavy atom. The van der Waals surface area contributed by atoms with E-state index in [1.165, 1.54) is 10.5 Å². The minimum Gasteiger partial charge on any atom is -0.121 e. The van der Waals surface area contributed by atoms with E-state index in [9.17, 15) is 0 Å². The van der Waals surface area contributed by atoms with Crippen LogP contribution in [0.25, 0.3) is 0 Å². The Hall–Kier alpha value is -1.21. The smallest absolute Gasteiger partial charge is 0.0226 e. The molecule has 0 bridgehead atoms. The van der Waals surface area contributed by atoms with Crippen LogP contribution in [-0.2, 0) is 0 Å². The predicted octanol–water partition coefficient (Wildman–Crippen LogP) is 4.78. The molecule has 0 saturated carbocycles. The van der Waals surface area contributed by atoms with Crippen molar-refractivity contribution in [3.05, 3.63) is 66.3 Å². The third-order valence-corrected chi connectivity index (χ3v) is 3.17. The molecule has 0 aliphatic carbocycles. The first-order valence-corrected chi connectivity index (χ1v) is 6.27. The van der Waals surface area contributed by atoms with Gasteiger partial charge in [-0.1, -0.05) is 48.6 Å². The molecule has 0 aliphatic heterocycles. The van der Waals surface area contributed by atoms with Crippen molar-refractivity contribution in [2.75, 3.05) is 5.75 Å². The van der Waals surface area contributed by atoms with E-state index in [1.807, 2.05) is 30.8 Å². The molecule has 0 N–H and O–H groups in total. The Balaban J connectivity index is 2.43. The van der Waals surface area contributed by atoms with Crippen LogP contribution in [0, 0.1) is 6.92 Å². The Morgan fingerprint density at radius 2 is 1.81 bits per heavy atom. The van der Waals surface area contributed by atoms with E-state index in [-0.39, 0.29) is 0 Å². The maximum Gasteiger partial charge on any atom is 0.0226 e. The Bertz CT molecular complexity index is 396. The summed E-state index contributed by atoms with van der Waals surface area (Å²) in [4.78, 5) is 1.29. The number of thioether (sulfide) groups is 1. The second-order valence-electron chi connectivity index (χ2n) is 3.94. The molecule has 1 aromatic rings. The van der Waals surface area contributed by atoms with Crippen molar-refractivity contribution < 1.29 is 0 Å². The van der Waals surface area contributed by atoms with Crippen molar-refractivity contribution in [3.63, 3.8) is 0 Å². The summed E-state index contributed by atoms with van der Waals surface area (Å²) in [6.45, 7) is 11.9. The number of aryl methyl sites for hydroxylation is 1. The average molecular weight is 230 g/mol. The lowest BCUT2D eigenvalue weighted by atomic mass is 10.2. The lowest BCUT2D eigenvalue weighted by molar-refractivity contribution is 1.37. The van der Waals surface area contributed by atoms with Crippen LogP contribution in [-0.4, -0.2) is 5.75 Å². The van der Waals surface area contributed by atoms with Gasteiger partial charge < -0.3 is 0 Å². The predicted molar refractivity (Wildman–Crippen MR) is 75.0 cm³/mol. The van der Waals surface area contributed by atoms with Crippen molar-refractivity contribution in [1.82, 2.24) is 0 Å². The van der Waals surface area contributed by atoms with E-state index >= 15 is 0 Å². The summed E-state index contributed by atoms with van der Waals surface area (Å²) in [5.74, 6) is 0.923. The van der Waals surface area contributed by atoms with Crippen LogP contribution >= 0.6 is 11.8 Å². The van der Waals surface area contributed by atoms with Gasteiger partial charge in [0.15, 0.2) is 0 Å². The zero-order valence-corrected chi connectivity index (χ0v) is 10.8. The van der Waals surface area contributed by atoms with Gasteiger partial charge in [-0.3, -0.25) is 0 Å². The number of rotatable bonds is 5. The standard InChI is InChI=1S/C15H18S/c1-12(2)5-6-14(4)11-16-15-9-7-13(3)8-10-15/h5-10H,1,4,11H2,2-3H3/b6-5-.